The molecule has 1 unspecified atom stereocenters. The molecule has 0 spiro atoms. The number of carboxylic acid groups (broad SMARTS) is 1. The van der Waals surface area contributed by atoms with E-state index < -0.39 is 5.97 Å². The number of thiocarbonyl (C=S) groups is 1. The SMILES string of the molecule is CCC(=O)O.CCC(C)SC(=S)S. The lowest BCUT2D eigenvalue weighted by molar-refractivity contribution is -0.136. The number of rotatable bonds is 3. The van der Waals surface area contributed by atoms with Crippen LogP contribution in [0.1, 0.15) is 33.6 Å². The molecule has 0 amide bonds. The van der Waals surface area contributed by atoms with Crippen molar-refractivity contribution in [3.05, 3.63) is 0 Å². The minimum atomic E-state index is -0.745. The van der Waals surface area contributed by atoms with Gasteiger partial charge in [-0.25, -0.2) is 0 Å². The molecule has 0 aliphatic rings. The van der Waals surface area contributed by atoms with Crippen LogP contribution in [0.15, 0.2) is 0 Å². The van der Waals surface area contributed by atoms with Crippen molar-refractivity contribution in [3.63, 3.8) is 0 Å². The molecule has 0 heterocycles. The minimum Gasteiger partial charge on any atom is -0.481 e. The molecule has 2 nitrogen and oxygen atoms in total. The predicted molar refractivity (Wildman–Crippen MR) is 66.9 cm³/mol. The zero-order valence-corrected chi connectivity index (χ0v) is 10.6. The fraction of sp³-hybridized carbons (Fsp3) is 0.750. The molecular formula is C8H16O2S3. The Morgan fingerprint density at radius 3 is 2.08 bits per heavy atom. The Balaban J connectivity index is 0. The number of carbonyl (C=O) groups is 1. The zero-order chi connectivity index (χ0) is 10.9. The number of thiol groups is 1. The van der Waals surface area contributed by atoms with Gasteiger partial charge < -0.3 is 5.11 Å². The molecule has 5 heteroatoms. The maximum Gasteiger partial charge on any atom is 0.303 e. The summed E-state index contributed by atoms with van der Waals surface area (Å²) in [6.07, 6.45) is 1.38. The van der Waals surface area contributed by atoms with E-state index in [2.05, 4.69) is 26.5 Å². The number of hydrogen-bond acceptors (Lipinski definition) is 3. The highest BCUT2D eigenvalue weighted by Crippen LogP contribution is 2.17. The molecule has 1 atom stereocenters. The molecule has 0 saturated carbocycles. The second-order valence-corrected chi connectivity index (χ2v) is 5.52. The van der Waals surface area contributed by atoms with Crippen molar-refractivity contribution in [2.45, 2.75) is 38.9 Å². The molecular weight excluding hydrogens is 224 g/mol. The van der Waals surface area contributed by atoms with Crippen LogP contribution in [0.4, 0.5) is 0 Å². The third-order valence-electron chi connectivity index (χ3n) is 1.18. The Bertz CT molecular complexity index is 159. The Kier molecular flexibility index (Phi) is 12.5. The quantitative estimate of drug-likeness (QED) is 0.587. The molecule has 0 rings (SSSR count). The second-order valence-electron chi connectivity index (χ2n) is 2.35. The Labute approximate surface area is 94.9 Å². The van der Waals surface area contributed by atoms with Gasteiger partial charge in [-0.3, -0.25) is 4.79 Å². The van der Waals surface area contributed by atoms with Crippen LogP contribution in [0, 0.1) is 0 Å². The molecule has 0 aromatic carbocycles. The lowest BCUT2D eigenvalue weighted by Gasteiger charge is -2.03. The van der Waals surface area contributed by atoms with Crippen LogP contribution >= 0.6 is 36.6 Å². The van der Waals surface area contributed by atoms with Gasteiger partial charge in [0.1, 0.15) is 3.53 Å². The van der Waals surface area contributed by atoms with Gasteiger partial charge in [-0.15, -0.1) is 24.4 Å². The number of thioether (sulfide) groups is 1. The third-order valence-corrected chi connectivity index (χ3v) is 2.72. The Morgan fingerprint density at radius 1 is 1.62 bits per heavy atom. The normalized spacial score (nSPS) is 11.1. The van der Waals surface area contributed by atoms with E-state index in [-0.39, 0.29) is 6.42 Å². The van der Waals surface area contributed by atoms with Gasteiger partial charge in [-0.1, -0.05) is 33.0 Å². The van der Waals surface area contributed by atoms with Crippen molar-refractivity contribution in [1.82, 2.24) is 0 Å². The summed E-state index contributed by atoms with van der Waals surface area (Å²) in [5.74, 6) is -0.745. The van der Waals surface area contributed by atoms with Crippen LogP contribution < -0.4 is 0 Å². The average molecular weight is 240 g/mol. The first-order chi connectivity index (χ1) is 5.93. The van der Waals surface area contributed by atoms with Crippen LogP contribution in [0.25, 0.3) is 0 Å². The minimum absolute atomic E-state index is 0.222. The lowest BCUT2D eigenvalue weighted by atomic mass is 10.4. The van der Waals surface area contributed by atoms with Crippen molar-refractivity contribution in [3.8, 4) is 0 Å². The van der Waals surface area contributed by atoms with Gasteiger partial charge in [0.2, 0.25) is 0 Å². The van der Waals surface area contributed by atoms with Crippen molar-refractivity contribution in [1.29, 1.82) is 0 Å². The maximum absolute atomic E-state index is 9.37. The highest BCUT2D eigenvalue weighted by Gasteiger charge is 1.98. The van der Waals surface area contributed by atoms with Gasteiger partial charge in [0, 0.05) is 11.7 Å². The van der Waals surface area contributed by atoms with E-state index in [1.807, 2.05) is 0 Å². The Hall–Kier alpha value is 0.260. The van der Waals surface area contributed by atoms with Crippen molar-refractivity contribution < 1.29 is 9.90 Å². The topological polar surface area (TPSA) is 37.3 Å². The summed E-state index contributed by atoms with van der Waals surface area (Å²) in [7, 11) is 0. The molecule has 0 fully saturated rings. The zero-order valence-electron chi connectivity index (χ0n) is 8.11. The van der Waals surface area contributed by atoms with Gasteiger partial charge in [-0.05, 0) is 6.42 Å². The number of carboxylic acids is 1. The summed E-state index contributed by atoms with van der Waals surface area (Å²) in [6.45, 7) is 5.89. The molecule has 0 aromatic heterocycles. The van der Waals surface area contributed by atoms with Crippen LogP contribution in [0.2, 0.25) is 0 Å². The van der Waals surface area contributed by atoms with Gasteiger partial charge in [0.15, 0.2) is 0 Å². The first-order valence-electron chi connectivity index (χ1n) is 4.05. The summed E-state index contributed by atoms with van der Waals surface area (Å²) in [5, 5.41) is 8.35. The van der Waals surface area contributed by atoms with Gasteiger partial charge in [-0.2, -0.15) is 0 Å². The molecule has 0 aromatic rings. The van der Waals surface area contributed by atoms with E-state index in [1.54, 1.807) is 18.7 Å². The van der Waals surface area contributed by atoms with Crippen molar-refractivity contribution in [2.75, 3.05) is 0 Å². The van der Waals surface area contributed by atoms with Crippen molar-refractivity contribution >= 4 is 46.1 Å². The number of hydrogen-bond donors (Lipinski definition) is 2. The summed E-state index contributed by atoms with van der Waals surface area (Å²) < 4.78 is 0.749. The van der Waals surface area contributed by atoms with E-state index in [9.17, 15) is 4.79 Å². The monoisotopic (exact) mass is 240 g/mol. The smallest absolute Gasteiger partial charge is 0.303 e. The first-order valence-corrected chi connectivity index (χ1v) is 5.78. The van der Waals surface area contributed by atoms with Gasteiger partial charge >= 0.3 is 5.97 Å². The highest BCUT2D eigenvalue weighted by molar-refractivity contribution is 8.41. The average Bonchev–Trinajstić information content (AvgIpc) is 2.04. The third kappa shape index (κ3) is 18.9. The lowest BCUT2D eigenvalue weighted by Crippen LogP contribution is -1.93. The first kappa shape index (κ1) is 15.7. The van der Waals surface area contributed by atoms with E-state index in [1.165, 1.54) is 0 Å². The molecule has 0 radical (unpaired) electrons. The summed E-state index contributed by atoms with van der Waals surface area (Å²) >= 11 is 10.4. The standard InChI is InChI=1S/C5H10S3.C3H6O2/c1-3-4(2)8-5(6)7;1-2-3(4)5/h4H,3H2,1-2H3,(H,6,7);2H2,1H3,(H,4,5). The second kappa shape index (κ2) is 10.3. The van der Waals surface area contributed by atoms with E-state index in [0.29, 0.717) is 5.25 Å². The van der Waals surface area contributed by atoms with Gasteiger partial charge in [0.05, 0.1) is 0 Å². The van der Waals surface area contributed by atoms with Crippen LogP contribution in [-0.4, -0.2) is 19.9 Å². The summed E-state index contributed by atoms with van der Waals surface area (Å²) in [4.78, 5) is 9.37. The van der Waals surface area contributed by atoms with Gasteiger partial charge in [0.25, 0.3) is 0 Å². The summed E-state index contributed by atoms with van der Waals surface area (Å²) in [6, 6.07) is 0. The number of aliphatic carboxylic acids is 1. The molecule has 0 bridgehead atoms. The molecule has 13 heavy (non-hydrogen) atoms. The molecule has 0 aliphatic carbocycles. The van der Waals surface area contributed by atoms with Crippen molar-refractivity contribution in [2.24, 2.45) is 0 Å². The molecule has 0 aliphatic heterocycles. The molecule has 78 valence electrons. The fourth-order valence-electron chi connectivity index (χ4n) is 0.255. The van der Waals surface area contributed by atoms with Crippen LogP contribution in [0.3, 0.4) is 0 Å². The van der Waals surface area contributed by atoms with E-state index in [4.69, 9.17) is 17.3 Å². The van der Waals surface area contributed by atoms with Crippen LogP contribution in [-0.2, 0) is 4.79 Å². The van der Waals surface area contributed by atoms with E-state index in [0.717, 1.165) is 9.95 Å². The largest absolute Gasteiger partial charge is 0.481 e. The highest BCUT2D eigenvalue weighted by atomic mass is 32.2. The molecule has 0 saturated heterocycles. The summed E-state index contributed by atoms with van der Waals surface area (Å²) in [5.41, 5.74) is 0. The maximum atomic E-state index is 9.37. The van der Waals surface area contributed by atoms with Crippen LogP contribution in [0.5, 0.6) is 0 Å². The Morgan fingerprint density at radius 2 is 2.00 bits per heavy atom. The predicted octanol–water partition coefficient (Wildman–Crippen LogP) is 3.21. The fourth-order valence-corrected chi connectivity index (χ4v) is 1.80. The van der Waals surface area contributed by atoms with E-state index >= 15 is 0 Å². The molecule has 1 N–H and O–H groups in total.